The Morgan fingerprint density at radius 2 is 1.50 bits per heavy atom. The monoisotopic (exact) mass is 399 g/mol. The van der Waals surface area contributed by atoms with Crippen LogP contribution in [0.5, 0.6) is 0 Å². The molecule has 0 aliphatic carbocycles. The molecule has 30 heavy (non-hydrogen) atoms. The standard InChI is InChI=1S/C22H14FN5O2/c23-15-7-5-13(6-8-15)18-19(14-9-11-24-12-10-14)26-20(25-18)16-3-1-2-4-17(16)21-27-22(29)30-28-21/h1-12H,(H,25,26)(H,27,28,29). The van der Waals surface area contributed by atoms with Crippen molar-refractivity contribution in [1.29, 1.82) is 0 Å². The predicted molar refractivity (Wildman–Crippen MR) is 109 cm³/mol. The Bertz CT molecular complexity index is 1370. The second-order valence-electron chi connectivity index (χ2n) is 6.54. The topological polar surface area (TPSA) is 100 Å². The highest BCUT2D eigenvalue weighted by Gasteiger charge is 2.19. The van der Waals surface area contributed by atoms with Gasteiger partial charge < -0.3 is 4.98 Å². The van der Waals surface area contributed by atoms with E-state index in [1.807, 2.05) is 36.4 Å². The molecule has 0 saturated carbocycles. The summed E-state index contributed by atoms with van der Waals surface area (Å²) in [6, 6.07) is 17.3. The lowest BCUT2D eigenvalue weighted by Crippen LogP contribution is -1.95. The number of aromatic amines is 2. The van der Waals surface area contributed by atoms with Gasteiger partial charge in [0.25, 0.3) is 0 Å². The van der Waals surface area contributed by atoms with Crippen LogP contribution in [0, 0.1) is 5.82 Å². The van der Waals surface area contributed by atoms with Gasteiger partial charge in [0, 0.05) is 34.6 Å². The van der Waals surface area contributed by atoms with E-state index in [0.717, 1.165) is 22.4 Å². The molecule has 146 valence electrons. The van der Waals surface area contributed by atoms with E-state index in [9.17, 15) is 9.18 Å². The van der Waals surface area contributed by atoms with E-state index in [1.165, 1.54) is 12.1 Å². The average molecular weight is 399 g/mol. The van der Waals surface area contributed by atoms with Crippen molar-refractivity contribution in [3.63, 3.8) is 0 Å². The van der Waals surface area contributed by atoms with Crippen molar-refractivity contribution < 1.29 is 8.91 Å². The van der Waals surface area contributed by atoms with E-state index in [1.54, 1.807) is 24.5 Å². The molecule has 2 N–H and O–H groups in total. The van der Waals surface area contributed by atoms with Gasteiger partial charge >= 0.3 is 5.76 Å². The molecule has 0 fully saturated rings. The van der Waals surface area contributed by atoms with Gasteiger partial charge in [-0.25, -0.2) is 14.2 Å². The minimum atomic E-state index is -0.635. The number of hydrogen-bond donors (Lipinski definition) is 2. The van der Waals surface area contributed by atoms with Crippen LogP contribution in [0.3, 0.4) is 0 Å². The summed E-state index contributed by atoms with van der Waals surface area (Å²) in [6.07, 6.45) is 3.39. The van der Waals surface area contributed by atoms with E-state index in [0.29, 0.717) is 22.9 Å². The molecule has 5 aromatic rings. The van der Waals surface area contributed by atoms with Crippen LogP contribution in [-0.4, -0.2) is 25.1 Å². The van der Waals surface area contributed by atoms with Gasteiger partial charge in [-0.2, -0.15) is 0 Å². The van der Waals surface area contributed by atoms with Crippen molar-refractivity contribution in [2.45, 2.75) is 0 Å². The van der Waals surface area contributed by atoms with Crippen LogP contribution < -0.4 is 5.76 Å². The maximum atomic E-state index is 13.5. The highest BCUT2D eigenvalue weighted by molar-refractivity contribution is 5.84. The molecule has 5 rings (SSSR count). The van der Waals surface area contributed by atoms with Crippen LogP contribution in [0.1, 0.15) is 0 Å². The fraction of sp³-hybridized carbons (Fsp3) is 0. The quantitative estimate of drug-likeness (QED) is 0.470. The van der Waals surface area contributed by atoms with Crippen molar-refractivity contribution in [2.24, 2.45) is 0 Å². The minimum Gasteiger partial charge on any atom is -0.337 e. The zero-order valence-electron chi connectivity index (χ0n) is 15.5. The Labute approximate surface area is 169 Å². The van der Waals surface area contributed by atoms with Crippen LogP contribution in [0.25, 0.3) is 45.3 Å². The number of nitrogens with zero attached hydrogens (tertiary/aromatic N) is 3. The number of imidazole rings is 1. The van der Waals surface area contributed by atoms with Crippen molar-refractivity contribution in [1.82, 2.24) is 25.1 Å². The highest BCUT2D eigenvalue weighted by atomic mass is 19.1. The molecular formula is C22H14FN5O2. The summed E-state index contributed by atoms with van der Waals surface area (Å²) in [7, 11) is 0. The number of H-pyrrole nitrogens is 2. The van der Waals surface area contributed by atoms with E-state index >= 15 is 0 Å². The van der Waals surface area contributed by atoms with Gasteiger partial charge in [0.1, 0.15) is 11.6 Å². The van der Waals surface area contributed by atoms with Crippen molar-refractivity contribution in [2.75, 3.05) is 0 Å². The van der Waals surface area contributed by atoms with E-state index in [-0.39, 0.29) is 5.82 Å². The average Bonchev–Trinajstić information content (AvgIpc) is 3.42. The molecule has 3 heterocycles. The molecule has 0 aliphatic heterocycles. The normalized spacial score (nSPS) is 11.0. The maximum Gasteiger partial charge on any atom is 0.439 e. The Morgan fingerprint density at radius 1 is 0.800 bits per heavy atom. The first-order valence-corrected chi connectivity index (χ1v) is 9.11. The Kier molecular flexibility index (Phi) is 4.29. The Hall–Kier alpha value is -4.33. The first-order chi connectivity index (χ1) is 14.7. The molecule has 0 aliphatic rings. The van der Waals surface area contributed by atoms with Gasteiger partial charge in [-0.1, -0.05) is 29.4 Å². The molecule has 8 heteroatoms. The van der Waals surface area contributed by atoms with Gasteiger partial charge in [0.05, 0.1) is 11.4 Å². The second kappa shape index (κ2) is 7.25. The number of pyridine rings is 1. The van der Waals surface area contributed by atoms with Gasteiger partial charge in [-0.15, -0.1) is 0 Å². The summed E-state index contributed by atoms with van der Waals surface area (Å²) in [5.41, 5.74) is 4.46. The van der Waals surface area contributed by atoms with E-state index < -0.39 is 5.76 Å². The molecule has 0 unspecified atom stereocenters. The molecule has 2 aromatic carbocycles. The summed E-state index contributed by atoms with van der Waals surface area (Å²) >= 11 is 0. The molecule has 0 amide bonds. The fourth-order valence-electron chi connectivity index (χ4n) is 3.29. The van der Waals surface area contributed by atoms with Gasteiger partial charge in [-0.05, 0) is 36.4 Å². The first kappa shape index (κ1) is 17.7. The third-order valence-electron chi connectivity index (χ3n) is 4.67. The fourth-order valence-corrected chi connectivity index (χ4v) is 3.29. The number of benzene rings is 2. The van der Waals surface area contributed by atoms with Crippen molar-refractivity contribution in [3.8, 4) is 45.3 Å². The lowest BCUT2D eigenvalue weighted by atomic mass is 10.1. The lowest BCUT2D eigenvalue weighted by molar-refractivity contribution is 0.388. The molecule has 0 bridgehead atoms. The maximum absolute atomic E-state index is 13.5. The largest absolute Gasteiger partial charge is 0.439 e. The number of nitrogens with one attached hydrogen (secondary N) is 2. The summed E-state index contributed by atoms with van der Waals surface area (Å²) in [5.74, 6) is -0.0783. The Morgan fingerprint density at radius 3 is 2.17 bits per heavy atom. The second-order valence-corrected chi connectivity index (χ2v) is 6.54. The first-order valence-electron chi connectivity index (χ1n) is 9.11. The van der Waals surface area contributed by atoms with Gasteiger partial charge in [0.15, 0.2) is 5.82 Å². The third-order valence-corrected chi connectivity index (χ3v) is 4.67. The molecule has 0 atom stereocenters. The predicted octanol–water partition coefficient (Wildman–Crippen LogP) is 4.29. The number of hydrogen-bond acceptors (Lipinski definition) is 5. The van der Waals surface area contributed by atoms with Gasteiger partial charge in [-0.3, -0.25) is 14.5 Å². The summed E-state index contributed by atoms with van der Waals surface area (Å²) in [4.78, 5) is 26.2. The van der Waals surface area contributed by atoms with Crippen molar-refractivity contribution in [3.05, 3.63) is 89.4 Å². The number of halogens is 1. The lowest BCUT2D eigenvalue weighted by Gasteiger charge is -2.03. The number of aromatic nitrogens is 5. The van der Waals surface area contributed by atoms with Crippen LogP contribution in [0.4, 0.5) is 4.39 Å². The molecule has 0 radical (unpaired) electrons. The summed E-state index contributed by atoms with van der Waals surface area (Å²) < 4.78 is 18.1. The van der Waals surface area contributed by atoms with Gasteiger partial charge in [0.2, 0.25) is 0 Å². The molecule has 3 aromatic heterocycles. The third kappa shape index (κ3) is 3.20. The van der Waals surface area contributed by atoms with Crippen LogP contribution in [0.2, 0.25) is 0 Å². The zero-order valence-corrected chi connectivity index (χ0v) is 15.5. The highest BCUT2D eigenvalue weighted by Crippen LogP contribution is 2.35. The van der Waals surface area contributed by atoms with E-state index in [4.69, 9.17) is 4.98 Å². The molecule has 0 saturated heterocycles. The minimum absolute atomic E-state index is 0.306. The molecule has 7 nitrogen and oxygen atoms in total. The van der Waals surface area contributed by atoms with E-state index in [2.05, 4.69) is 24.6 Å². The zero-order chi connectivity index (χ0) is 20.5. The summed E-state index contributed by atoms with van der Waals surface area (Å²) in [6.45, 7) is 0. The SMILES string of the molecule is O=c1[nH]c(-c2ccccc2-c2nc(-c3ccc(F)cc3)c(-c3ccncc3)[nH]2)no1. The molecule has 0 spiro atoms. The summed E-state index contributed by atoms with van der Waals surface area (Å²) in [5, 5.41) is 3.79. The van der Waals surface area contributed by atoms with Crippen LogP contribution in [0.15, 0.2) is 82.4 Å². The smallest absolute Gasteiger partial charge is 0.337 e. The molecular weight excluding hydrogens is 385 g/mol. The van der Waals surface area contributed by atoms with Crippen LogP contribution in [-0.2, 0) is 0 Å². The van der Waals surface area contributed by atoms with Crippen molar-refractivity contribution >= 4 is 0 Å². The van der Waals surface area contributed by atoms with Crippen LogP contribution >= 0.6 is 0 Å². The number of rotatable bonds is 4. The Balaban J connectivity index is 1.72.